The molecule has 0 bridgehead atoms. The Morgan fingerprint density at radius 2 is 1.96 bits per heavy atom. The average molecular weight is 343 g/mol. The normalized spacial score (nSPS) is 10.4. The van der Waals surface area contributed by atoms with Crippen LogP contribution in [0, 0.1) is 5.92 Å². The molecule has 0 radical (unpaired) electrons. The lowest BCUT2D eigenvalue weighted by molar-refractivity contribution is 0.0951. The monoisotopic (exact) mass is 343 g/mol. The molecular weight excluding hydrogens is 318 g/mol. The Bertz CT molecular complexity index is 700. The summed E-state index contributed by atoms with van der Waals surface area (Å²) in [7, 11) is 3.20. The Balaban J connectivity index is 2.02. The van der Waals surface area contributed by atoms with Crippen LogP contribution in [0.3, 0.4) is 0 Å². The fourth-order valence-electron chi connectivity index (χ4n) is 2.22. The van der Waals surface area contributed by atoms with Gasteiger partial charge < -0.3 is 20.1 Å². The Morgan fingerprint density at radius 3 is 2.56 bits per heavy atom. The number of hydrogen-bond donors (Lipinski definition) is 2. The highest BCUT2D eigenvalue weighted by Gasteiger charge is 2.08. The lowest BCUT2D eigenvalue weighted by atomic mass is 10.1. The SMILES string of the molecule is COc1ccc(Nc2ccc(C(=O)NCCC(C)C)cn2)c(OC)c1. The first-order valence-corrected chi connectivity index (χ1v) is 8.26. The standard InChI is InChI=1S/C19H25N3O3/c1-13(2)9-10-20-19(23)14-5-8-18(21-12-14)22-16-7-6-15(24-3)11-17(16)25-4/h5-8,11-13H,9-10H2,1-4H3,(H,20,23)(H,21,22). The van der Waals surface area contributed by atoms with E-state index in [0.717, 1.165) is 12.1 Å². The number of rotatable bonds is 8. The summed E-state index contributed by atoms with van der Waals surface area (Å²) in [5.41, 5.74) is 1.31. The van der Waals surface area contributed by atoms with Gasteiger partial charge in [-0.3, -0.25) is 4.79 Å². The van der Waals surface area contributed by atoms with Crippen LogP contribution in [0.2, 0.25) is 0 Å². The zero-order chi connectivity index (χ0) is 18.2. The molecule has 0 saturated heterocycles. The largest absolute Gasteiger partial charge is 0.497 e. The maximum Gasteiger partial charge on any atom is 0.252 e. The van der Waals surface area contributed by atoms with Crippen LogP contribution < -0.4 is 20.1 Å². The lowest BCUT2D eigenvalue weighted by Crippen LogP contribution is -2.25. The minimum Gasteiger partial charge on any atom is -0.497 e. The number of amides is 1. The van der Waals surface area contributed by atoms with E-state index >= 15 is 0 Å². The summed E-state index contributed by atoms with van der Waals surface area (Å²) in [5.74, 6) is 2.44. The van der Waals surface area contributed by atoms with E-state index in [0.29, 0.717) is 35.3 Å². The predicted molar refractivity (Wildman–Crippen MR) is 98.9 cm³/mol. The van der Waals surface area contributed by atoms with Crippen LogP contribution in [0.25, 0.3) is 0 Å². The van der Waals surface area contributed by atoms with Gasteiger partial charge in [-0.2, -0.15) is 0 Å². The summed E-state index contributed by atoms with van der Waals surface area (Å²) < 4.78 is 10.5. The van der Waals surface area contributed by atoms with Crippen LogP contribution in [0.4, 0.5) is 11.5 Å². The van der Waals surface area contributed by atoms with Gasteiger partial charge in [0.25, 0.3) is 5.91 Å². The lowest BCUT2D eigenvalue weighted by Gasteiger charge is -2.12. The fraction of sp³-hybridized carbons (Fsp3) is 0.368. The van der Waals surface area contributed by atoms with Crippen LogP contribution in [0.5, 0.6) is 11.5 Å². The molecule has 0 aliphatic heterocycles. The predicted octanol–water partition coefficient (Wildman–Crippen LogP) is 3.62. The van der Waals surface area contributed by atoms with Gasteiger partial charge in [0.1, 0.15) is 17.3 Å². The second-order valence-electron chi connectivity index (χ2n) is 6.06. The molecule has 134 valence electrons. The summed E-state index contributed by atoms with van der Waals surface area (Å²) in [6.07, 6.45) is 2.51. The maximum atomic E-state index is 12.1. The molecule has 2 aromatic rings. The Morgan fingerprint density at radius 1 is 1.16 bits per heavy atom. The van der Waals surface area contributed by atoms with Crippen molar-refractivity contribution in [2.45, 2.75) is 20.3 Å². The zero-order valence-corrected chi connectivity index (χ0v) is 15.1. The van der Waals surface area contributed by atoms with Gasteiger partial charge in [0.2, 0.25) is 0 Å². The number of anilines is 2. The molecule has 0 saturated carbocycles. The fourth-order valence-corrected chi connectivity index (χ4v) is 2.22. The van der Waals surface area contributed by atoms with Crippen LogP contribution >= 0.6 is 0 Å². The maximum absolute atomic E-state index is 12.1. The van der Waals surface area contributed by atoms with Crippen molar-refractivity contribution in [3.8, 4) is 11.5 Å². The summed E-state index contributed by atoms with van der Waals surface area (Å²) in [4.78, 5) is 16.4. The van der Waals surface area contributed by atoms with Gasteiger partial charge >= 0.3 is 0 Å². The van der Waals surface area contributed by atoms with Crippen molar-refractivity contribution < 1.29 is 14.3 Å². The van der Waals surface area contributed by atoms with Gasteiger partial charge in [-0.1, -0.05) is 13.8 Å². The summed E-state index contributed by atoms with van der Waals surface area (Å²) in [6, 6.07) is 8.99. The minimum absolute atomic E-state index is 0.110. The van der Waals surface area contributed by atoms with Crippen molar-refractivity contribution in [3.63, 3.8) is 0 Å². The first-order chi connectivity index (χ1) is 12.0. The number of nitrogens with zero attached hydrogens (tertiary/aromatic N) is 1. The third-order valence-corrected chi connectivity index (χ3v) is 3.70. The Labute approximate surface area is 148 Å². The summed E-state index contributed by atoms with van der Waals surface area (Å²) >= 11 is 0. The summed E-state index contributed by atoms with van der Waals surface area (Å²) in [6.45, 7) is 4.92. The minimum atomic E-state index is -0.110. The molecule has 6 heteroatoms. The highest BCUT2D eigenvalue weighted by Crippen LogP contribution is 2.30. The number of carbonyl (C=O) groups excluding carboxylic acids is 1. The second-order valence-corrected chi connectivity index (χ2v) is 6.06. The molecular formula is C19H25N3O3. The number of methoxy groups -OCH3 is 2. The van der Waals surface area contributed by atoms with Crippen LogP contribution in [0.1, 0.15) is 30.6 Å². The molecule has 1 amide bonds. The molecule has 6 nitrogen and oxygen atoms in total. The first kappa shape index (κ1) is 18.6. The van der Waals surface area contributed by atoms with Gasteiger partial charge in [-0.25, -0.2) is 4.98 Å². The van der Waals surface area contributed by atoms with Crippen molar-refractivity contribution in [2.75, 3.05) is 26.1 Å². The molecule has 0 aliphatic carbocycles. The number of aromatic nitrogens is 1. The highest BCUT2D eigenvalue weighted by atomic mass is 16.5. The molecule has 0 fully saturated rings. The second kappa shape index (κ2) is 8.92. The molecule has 1 aromatic heterocycles. The third kappa shape index (κ3) is 5.38. The van der Waals surface area contributed by atoms with Crippen molar-refractivity contribution >= 4 is 17.4 Å². The van der Waals surface area contributed by atoms with E-state index in [-0.39, 0.29) is 5.91 Å². The quantitative estimate of drug-likeness (QED) is 0.766. The smallest absolute Gasteiger partial charge is 0.252 e. The van der Waals surface area contributed by atoms with Crippen LogP contribution in [-0.2, 0) is 0 Å². The Hall–Kier alpha value is -2.76. The number of pyridine rings is 1. The molecule has 0 spiro atoms. The number of nitrogens with one attached hydrogen (secondary N) is 2. The first-order valence-electron chi connectivity index (χ1n) is 8.26. The molecule has 2 rings (SSSR count). The van der Waals surface area contributed by atoms with E-state index < -0.39 is 0 Å². The number of benzene rings is 1. The van der Waals surface area contributed by atoms with E-state index in [1.165, 1.54) is 0 Å². The molecule has 1 heterocycles. The van der Waals surface area contributed by atoms with Crippen molar-refractivity contribution in [2.24, 2.45) is 5.92 Å². The van der Waals surface area contributed by atoms with E-state index in [4.69, 9.17) is 9.47 Å². The molecule has 0 aliphatic rings. The molecule has 1 aromatic carbocycles. The van der Waals surface area contributed by atoms with Crippen molar-refractivity contribution in [1.29, 1.82) is 0 Å². The van der Waals surface area contributed by atoms with E-state index in [1.807, 2.05) is 12.1 Å². The van der Waals surface area contributed by atoms with Crippen LogP contribution in [-0.4, -0.2) is 31.7 Å². The topological polar surface area (TPSA) is 72.5 Å². The zero-order valence-electron chi connectivity index (χ0n) is 15.1. The number of hydrogen-bond acceptors (Lipinski definition) is 5. The van der Waals surface area contributed by atoms with Gasteiger partial charge in [0.05, 0.1) is 25.5 Å². The molecule has 25 heavy (non-hydrogen) atoms. The third-order valence-electron chi connectivity index (χ3n) is 3.70. The van der Waals surface area contributed by atoms with E-state index in [2.05, 4.69) is 29.5 Å². The molecule has 0 atom stereocenters. The average Bonchev–Trinajstić information content (AvgIpc) is 2.62. The van der Waals surface area contributed by atoms with Gasteiger partial charge in [0, 0.05) is 18.8 Å². The van der Waals surface area contributed by atoms with Crippen molar-refractivity contribution in [1.82, 2.24) is 10.3 Å². The molecule has 2 N–H and O–H groups in total. The van der Waals surface area contributed by atoms with Gasteiger partial charge in [0.15, 0.2) is 0 Å². The number of ether oxygens (including phenoxy) is 2. The van der Waals surface area contributed by atoms with Crippen LogP contribution in [0.15, 0.2) is 36.5 Å². The van der Waals surface area contributed by atoms with Crippen molar-refractivity contribution in [3.05, 3.63) is 42.1 Å². The van der Waals surface area contributed by atoms with E-state index in [1.54, 1.807) is 38.6 Å². The number of carbonyl (C=O) groups is 1. The molecule has 0 unspecified atom stereocenters. The Kier molecular flexibility index (Phi) is 6.62. The van der Waals surface area contributed by atoms with E-state index in [9.17, 15) is 4.79 Å². The van der Waals surface area contributed by atoms with Gasteiger partial charge in [-0.15, -0.1) is 0 Å². The van der Waals surface area contributed by atoms with Gasteiger partial charge in [-0.05, 0) is 36.6 Å². The summed E-state index contributed by atoms with van der Waals surface area (Å²) in [5, 5.41) is 6.07. The highest BCUT2D eigenvalue weighted by molar-refractivity contribution is 5.94.